The summed E-state index contributed by atoms with van der Waals surface area (Å²) in [7, 11) is 0. The first-order chi connectivity index (χ1) is 11.9. The van der Waals surface area contributed by atoms with Crippen molar-refractivity contribution >= 4 is 18.0 Å². The van der Waals surface area contributed by atoms with E-state index in [9.17, 15) is 19.8 Å². The minimum atomic E-state index is -0.973. The maximum absolute atomic E-state index is 12.6. The number of ketones is 1. The molecule has 0 radical (unpaired) electrons. The summed E-state index contributed by atoms with van der Waals surface area (Å²) in [6, 6.07) is 5.45. The molecular weight excluding hydrogens is 330 g/mol. The van der Waals surface area contributed by atoms with Crippen LogP contribution in [0.2, 0.25) is 0 Å². The molecule has 5 heteroatoms. The van der Waals surface area contributed by atoms with Gasteiger partial charge in [0.25, 0.3) is 0 Å². The number of hydrogen-bond acceptors (Lipinski definition) is 5. The van der Waals surface area contributed by atoms with Crippen molar-refractivity contribution < 1.29 is 19.8 Å². The third-order valence-electron chi connectivity index (χ3n) is 3.98. The Labute approximate surface area is 155 Å². The summed E-state index contributed by atoms with van der Waals surface area (Å²) in [6.07, 6.45) is 2.45. The number of rotatable bonds is 6. The second-order valence-corrected chi connectivity index (χ2v) is 8.41. The Morgan fingerprint density at radius 3 is 2.23 bits per heavy atom. The molecule has 5 nitrogen and oxygen atoms in total. The predicted molar refractivity (Wildman–Crippen MR) is 101 cm³/mol. The maximum Gasteiger partial charge on any atom is 0.160 e. The van der Waals surface area contributed by atoms with Crippen LogP contribution in [0.1, 0.15) is 57.5 Å². The van der Waals surface area contributed by atoms with Gasteiger partial charge in [0, 0.05) is 11.0 Å². The standard InChI is InChI=1S/C21H29NO4/c1-20(2,3)17(24)12-11-16(18(25)21(4,5)6)22-19(26)15-10-8-7-9-14(15)13-23/h7-13,16,18,25H,1-6H3,(H,22,26)/p-1/b12-11+/t16-,18-/m0/s1. The fourth-order valence-corrected chi connectivity index (χ4v) is 2.17. The highest BCUT2D eigenvalue weighted by Crippen LogP contribution is 2.25. The largest absolute Gasteiger partial charge is 0.858 e. The second kappa shape index (κ2) is 8.41. The van der Waals surface area contributed by atoms with Gasteiger partial charge in [0.2, 0.25) is 0 Å². The average molecular weight is 358 g/mol. The van der Waals surface area contributed by atoms with E-state index < -0.39 is 28.9 Å². The first-order valence-electron chi connectivity index (χ1n) is 8.58. The van der Waals surface area contributed by atoms with E-state index in [0.29, 0.717) is 6.29 Å². The van der Waals surface area contributed by atoms with Crippen LogP contribution in [0.25, 0.3) is 0 Å². The summed E-state index contributed by atoms with van der Waals surface area (Å²) in [5.74, 6) is -0.728. The molecule has 0 heterocycles. The van der Waals surface area contributed by atoms with Crippen molar-refractivity contribution in [1.82, 2.24) is 0 Å². The van der Waals surface area contributed by atoms with Gasteiger partial charge in [-0.1, -0.05) is 71.9 Å². The van der Waals surface area contributed by atoms with Gasteiger partial charge in [-0.05, 0) is 23.0 Å². The number of aliphatic hydroxyl groups excluding tert-OH is 1. The normalized spacial score (nSPS) is 15.7. The summed E-state index contributed by atoms with van der Waals surface area (Å²) in [6.45, 7) is 10.8. The number of carbonyl (C=O) groups is 2. The number of aliphatic hydroxyl groups is 1. The van der Waals surface area contributed by atoms with Crippen molar-refractivity contribution in [1.29, 1.82) is 0 Å². The van der Waals surface area contributed by atoms with E-state index in [1.807, 2.05) is 20.8 Å². The molecule has 0 unspecified atom stereocenters. The molecule has 0 bridgehead atoms. The van der Waals surface area contributed by atoms with Crippen LogP contribution in [0, 0.1) is 10.8 Å². The lowest BCUT2D eigenvalue weighted by atomic mass is 9.84. The highest BCUT2D eigenvalue weighted by molar-refractivity contribution is 5.99. The number of carbonyl (C=O) groups excluding carboxylic acids is 2. The van der Waals surface area contributed by atoms with Crippen molar-refractivity contribution in [2.24, 2.45) is 15.8 Å². The van der Waals surface area contributed by atoms with Crippen LogP contribution in [-0.2, 0) is 4.79 Å². The number of aldehydes is 1. The summed E-state index contributed by atoms with van der Waals surface area (Å²) < 4.78 is 0. The van der Waals surface area contributed by atoms with Gasteiger partial charge in [0.15, 0.2) is 12.1 Å². The SMILES string of the molecule is CC(C)(C)C(=O)/C=C/[C@H](N=C([O-])c1ccccc1C=O)[C@H](O)C(C)(C)C. The lowest BCUT2D eigenvalue weighted by molar-refractivity contribution is -0.213. The van der Waals surface area contributed by atoms with Gasteiger partial charge in [-0.15, -0.1) is 0 Å². The van der Waals surface area contributed by atoms with E-state index in [4.69, 9.17) is 0 Å². The molecule has 1 aromatic carbocycles. The van der Waals surface area contributed by atoms with E-state index in [0.717, 1.165) is 0 Å². The zero-order valence-corrected chi connectivity index (χ0v) is 16.3. The lowest BCUT2D eigenvalue weighted by Crippen LogP contribution is -2.37. The van der Waals surface area contributed by atoms with Crippen LogP contribution >= 0.6 is 0 Å². The van der Waals surface area contributed by atoms with E-state index in [-0.39, 0.29) is 16.9 Å². The highest BCUT2D eigenvalue weighted by atomic mass is 16.3. The molecule has 0 aliphatic heterocycles. The Kier molecular flexibility index (Phi) is 7.04. The first kappa shape index (κ1) is 21.8. The Balaban J connectivity index is 3.30. The van der Waals surface area contributed by atoms with Crippen molar-refractivity contribution in [3.8, 4) is 0 Å². The van der Waals surface area contributed by atoms with Crippen LogP contribution in [0.15, 0.2) is 41.4 Å². The summed E-state index contributed by atoms with van der Waals surface area (Å²) in [5, 5.41) is 23.2. The molecule has 0 amide bonds. The molecule has 26 heavy (non-hydrogen) atoms. The van der Waals surface area contributed by atoms with Crippen LogP contribution in [0.3, 0.4) is 0 Å². The zero-order chi connectivity index (χ0) is 20.1. The molecule has 0 saturated carbocycles. The number of nitrogens with zero attached hydrogens (tertiary/aromatic N) is 1. The van der Waals surface area contributed by atoms with Crippen molar-refractivity contribution in [3.63, 3.8) is 0 Å². The van der Waals surface area contributed by atoms with E-state index in [2.05, 4.69) is 4.99 Å². The van der Waals surface area contributed by atoms with E-state index in [1.165, 1.54) is 24.3 Å². The van der Waals surface area contributed by atoms with E-state index >= 15 is 0 Å². The number of benzene rings is 1. The molecular formula is C21H28NO4-. The van der Waals surface area contributed by atoms with Gasteiger partial charge >= 0.3 is 0 Å². The second-order valence-electron chi connectivity index (χ2n) is 8.41. The summed E-state index contributed by atoms with van der Waals surface area (Å²) in [4.78, 5) is 27.4. The van der Waals surface area contributed by atoms with Gasteiger partial charge in [-0.25, -0.2) is 0 Å². The fourth-order valence-electron chi connectivity index (χ4n) is 2.17. The topological polar surface area (TPSA) is 89.8 Å². The molecule has 1 rings (SSSR count). The van der Waals surface area contributed by atoms with Crippen molar-refractivity contribution in [3.05, 3.63) is 47.5 Å². The van der Waals surface area contributed by atoms with Crippen LogP contribution in [0.5, 0.6) is 0 Å². The zero-order valence-electron chi connectivity index (χ0n) is 16.3. The number of hydrogen-bond donors (Lipinski definition) is 1. The van der Waals surface area contributed by atoms with Gasteiger partial charge in [-0.2, -0.15) is 0 Å². The van der Waals surface area contributed by atoms with Gasteiger partial charge in [0.05, 0.1) is 12.1 Å². The average Bonchev–Trinajstić information content (AvgIpc) is 2.55. The smallest absolute Gasteiger partial charge is 0.160 e. The van der Waals surface area contributed by atoms with Crippen LogP contribution in [0.4, 0.5) is 0 Å². The Morgan fingerprint density at radius 2 is 1.73 bits per heavy atom. The number of allylic oxidation sites excluding steroid dienone is 1. The predicted octanol–water partition coefficient (Wildman–Crippen LogP) is 2.55. The van der Waals surface area contributed by atoms with E-state index in [1.54, 1.807) is 32.9 Å². The minimum absolute atomic E-state index is 0.125. The third kappa shape index (κ3) is 5.92. The number of aliphatic imine (C=N–C) groups is 1. The molecule has 0 saturated heterocycles. The summed E-state index contributed by atoms with van der Waals surface area (Å²) in [5.41, 5.74) is -0.709. The molecule has 0 spiro atoms. The van der Waals surface area contributed by atoms with Crippen LogP contribution < -0.4 is 5.11 Å². The quantitative estimate of drug-likeness (QED) is 0.366. The molecule has 0 aliphatic rings. The molecule has 0 fully saturated rings. The molecule has 142 valence electrons. The Morgan fingerprint density at radius 1 is 1.15 bits per heavy atom. The molecule has 0 aliphatic carbocycles. The van der Waals surface area contributed by atoms with Crippen LogP contribution in [-0.4, -0.2) is 35.2 Å². The molecule has 0 aromatic heterocycles. The monoisotopic (exact) mass is 358 g/mol. The van der Waals surface area contributed by atoms with Gasteiger partial charge in [-0.3, -0.25) is 14.6 Å². The Bertz CT molecular complexity index is 705. The molecule has 1 aromatic rings. The minimum Gasteiger partial charge on any atom is -0.858 e. The lowest BCUT2D eigenvalue weighted by Gasteiger charge is -2.31. The first-order valence-corrected chi connectivity index (χ1v) is 8.58. The third-order valence-corrected chi connectivity index (χ3v) is 3.98. The summed E-state index contributed by atoms with van der Waals surface area (Å²) >= 11 is 0. The molecule has 1 N–H and O–H groups in total. The fraction of sp³-hybridized carbons (Fsp3) is 0.476. The van der Waals surface area contributed by atoms with Gasteiger partial charge < -0.3 is 10.2 Å². The highest BCUT2D eigenvalue weighted by Gasteiger charge is 2.29. The van der Waals surface area contributed by atoms with Gasteiger partial charge in [0.1, 0.15) is 0 Å². The maximum atomic E-state index is 12.6. The Hall–Kier alpha value is -2.27. The van der Waals surface area contributed by atoms with Crippen molar-refractivity contribution in [2.45, 2.75) is 53.7 Å². The van der Waals surface area contributed by atoms with Crippen molar-refractivity contribution in [2.75, 3.05) is 0 Å². The molecule has 2 atom stereocenters.